The lowest BCUT2D eigenvalue weighted by molar-refractivity contribution is -0.140. The number of piperidine rings is 1. The fraction of sp³-hybridized carbons (Fsp3) is 0.448. The first-order valence-corrected chi connectivity index (χ1v) is 13.1. The molecular weight excluding hydrogens is 514 g/mol. The van der Waals surface area contributed by atoms with Gasteiger partial charge in [-0.2, -0.15) is 0 Å². The van der Waals surface area contributed by atoms with Crippen molar-refractivity contribution in [2.75, 3.05) is 38.6 Å². The van der Waals surface area contributed by atoms with E-state index < -0.39 is 30.1 Å². The van der Waals surface area contributed by atoms with Crippen LogP contribution in [-0.4, -0.2) is 54.2 Å². The van der Waals surface area contributed by atoms with Crippen LogP contribution in [0.2, 0.25) is 0 Å². The zero-order valence-corrected chi connectivity index (χ0v) is 21.9. The number of hydrogen-bond acceptors (Lipinski definition) is 5. The van der Waals surface area contributed by atoms with Crippen LogP contribution in [0.15, 0.2) is 36.5 Å². The largest absolute Gasteiger partial charge is 0.497 e. The highest BCUT2D eigenvalue weighted by atomic mass is 19.1. The molecule has 0 saturated carbocycles. The van der Waals surface area contributed by atoms with Gasteiger partial charge in [-0.25, -0.2) is 17.6 Å². The average Bonchev–Trinajstić information content (AvgIpc) is 2.90. The summed E-state index contributed by atoms with van der Waals surface area (Å²) in [4.78, 5) is 18.2. The number of hydrogen-bond donors (Lipinski definition) is 2. The number of alkyl halides is 1. The Kier molecular flexibility index (Phi) is 9.27. The first-order valence-electron chi connectivity index (χ1n) is 13.1. The minimum atomic E-state index is -0.983. The fourth-order valence-corrected chi connectivity index (χ4v) is 5.58. The molecule has 0 aliphatic carbocycles. The molecular formula is C29H33F4N3O3. The summed E-state index contributed by atoms with van der Waals surface area (Å²) in [6.45, 7) is 1.42. The standard InChI is InChI=1S/C29H33F4N3O3/c1-39-21-4-5-26-23(15-21)22(19(17-30)18-35-26)3-2-6-29(16-27(37)38)7-10-36(11-8-29)12-9-34-28-24(32)13-20(31)14-25(28)33/h4-5,13-15,18,34H,2-3,6-12,16-17H2,1H3,(H,37,38). The number of nitrogens with one attached hydrogen (secondary N) is 1. The molecule has 210 valence electrons. The summed E-state index contributed by atoms with van der Waals surface area (Å²) >= 11 is 0. The van der Waals surface area contributed by atoms with Crippen LogP contribution in [0.5, 0.6) is 5.75 Å². The van der Waals surface area contributed by atoms with Crippen molar-refractivity contribution in [1.82, 2.24) is 9.88 Å². The maximum atomic E-state index is 13.9. The third-order valence-corrected chi connectivity index (χ3v) is 7.73. The van der Waals surface area contributed by atoms with Gasteiger partial charge in [0.1, 0.15) is 23.9 Å². The molecule has 1 saturated heterocycles. The van der Waals surface area contributed by atoms with E-state index in [9.17, 15) is 27.5 Å². The molecule has 1 fully saturated rings. The van der Waals surface area contributed by atoms with Crippen LogP contribution in [-0.2, 0) is 17.9 Å². The molecule has 6 nitrogen and oxygen atoms in total. The van der Waals surface area contributed by atoms with Gasteiger partial charge in [-0.05, 0) is 74.4 Å². The molecule has 0 radical (unpaired) electrons. The van der Waals surface area contributed by atoms with Crippen molar-refractivity contribution < 1.29 is 32.2 Å². The normalized spacial score (nSPS) is 15.4. The molecule has 39 heavy (non-hydrogen) atoms. The number of carboxylic acids is 1. The van der Waals surface area contributed by atoms with E-state index in [1.54, 1.807) is 13.3 Å². The summed E-state index contributed by atoms with van der Waals surface area (Å²) in [6.07, 6.45) is 4.91. The Hall–Kier alpha value is -3.40. The van der Waals surface area contributed by atoms with Crippen LogP contribution in [0.3, 0.4) is 0 Å². The topological polar surface area (TPSA) is 74.7 Å². The third kappa shape index (κ3) is 6.98. The van der Waals surface area contributed by atoms with Crippen LogP contribution in [0.25, 0.3) is 10.9 Å². The lowest BCUT2D eigenvalue weighted by atomic mass is 9.72. The molecule has 0 atom stereocenters. The predicted octanol–water partition coefficient (Wildman–Crippen LogP) is 6.12. The number of anilines is 1. The van der Waals surface area contributed by atoms with Gasteiger partial charge in [-0.1, -0.05) is 0 Å². The Balaban J connectivity index is 1.37. The number of likely N-dealkylation sites (tertiary alicyclic amines) is 1. The highest BCUT2D eigenvalue weighted by Gasteiger charge is 2.36. The summed E-state index contributed by atoms with van der Waals surface area (Å²) in [5.74, 6) is -3.13. The number of pyridine rings is 1. The van der Waals surface area contributed by atoms with Crippen molar-refractivity contribution in [2.24, 2.45) is 5.41 Å². The van der Waals surface area contributed by atoms with Crippen LogP contribution in [0, 0.1) is 22.9 Å². The molecule has 1 aromatic heterocycles. The van der Waals surface area contributed by atoms with Crippen molar-refractivity contribution in [1.29, 1.82) is 0 Å². The molecule has 2 heterocycles. The van der Waals surface area contributed by atoms with Gasteiger partial charge in [0.15, 0.2) is 11.6 Å². The zero-order chi connectivity index (χ0) is 28.0. The number of carbonyl (C=O) groups is 1. The molecule has 0 unspecified atom stereocenters. The molecule has 1 aliphatic heterocycles. The number of nitrogens with zero attached hydrogens (tertiary/aromatic N) is 2. The summed E-state index contributed by atoms with van der Waals surface area (Å²) in [5.41, 5.74) is 1.41. The summed E-state index contributed by atoms with van der Waals surface area (Å²) in [5, 5.41) is 13.2. The number of methoxy groups -OCH3 is 1. The molecule has 4 rings (SSSR count). The minimum Gasteiger partial charge on any atom is -0.497 e. The number of aliphatic carboxylic acids is 1. The second-order valence-corrected chi connectivity index (χ2v) is 10.2. The van der Waals surface area contributed by atoms with Crippen LogP contribution in [0.1, 0.15) is 43.2 Å². The molecule has 3 aromatic rings. The SMILES string of the molecule is COc1ccc2ncc(CF)c(CCCC3(CC(=O)O)CCN(CCNc4c(F)cc(F)cc4F)CC3)c2c1. The minimum absolute atomic E-state index is 0.0476. The third-order valence-electron chi connectivity index (χ3n) is 7.73. The predicted molar refractivity (Wildman–Crippen MR) is 141 cm³/mol. The van der Waals surface area contributed by atoms with E-state index in [0.717, 1.165) is 16.5 Å². The monoisotopic (exact) mass is 547 g/mol. The molecule has 10 heteroatoms. The van der Waals surface area contributed by atoms with Crippen LogP contribution in [0.4, 0.5) is 23.2 Å². The Morgan fingerprint density at radius 3 is 2.51 bits per heavy atom. The number of ether oxygens (including phenoxy) is 1. The van der Waals surface area contributed by atoms with E-state index in [4.69, 9.17) is 4.74 Å². The van der Waals surface area contributed by atoms with E-state index in [2.05, 4.69) is 15.2 Å². The molecule has 2 aromatic carbocycles. The number of fused-ring (bicyclic) bond motifs is 1. The first kappa shape index (κ1) is 28.6. The maximum absolute atomic E-state index is 13.9. The lowest BCUT2D eigenvalue weighted by Crippen LogP contribution is -2.43. The van der Waals surface area contributed by atoms with E-state index in [1.807, 2.05) is 18.2 Å². The second kappa shape index (κ2) is 12.6. The molecule has 0 amide bonds. The van der Waals surface area contributed by atoms with Gasteiger partial charge in [0.25, 0.3) is 0 Å². The number of rotatable bonds is 12. The Bertz CT molecular complexity index is 1280. The number of halogens is 4. The summed E-state index contributed by atoms with van der Waals surface area (Å²) in [6, 6.07) is 6.78. The second-order valence-electron chi connectivity index (χ2n) is 10.2. The zero-order valence-electron chi connectivity index (χ0n) is 21.9. The number of benzene rings is 2. The van der Waals surface area contributed by atoms with Gasteiger partial charge in [0, 0.05) is 42.4 Å². The summed E-state index contributed by atoms with van der Waals surface area (Å²) in [7, 11) is 1.57. The average molecular weight is 548 g/mol. The molecule has 0 spiro atoms. The van der Waals surface area contributed by atoms with Gasteiger partial charge in [-0.3, -0.25) is 9.78 Å². The van der Waals surface area contributed by atoms with E-state index in [-0.39, 0.29) is 24.1 Å². The number of aryl methyl sites for hydroxylation is 1. The van der Waals surface area contributed by atoms with Gasteiger partial charge in [0.05, 0.1) is 19.0 Å². The maximum Gasteiger partial charge on any atom is 0.303 e. The Labute approximate surface area is 225 Å². The number of aromatic nitrogens is 1. The van der Waals surface area contributed by atoms with Crippen molar-refractivity contribution in [3.8, 4) is 5.75 Å². The van der Waals surface area contributed by atoms with Gasteiger partial charge in [0.2, 0.25) is 0 Å². The van der Waals surface area contributed by atoms with Crippen molar-refractivity contribution in [3.05, 3.63) is 65.1 Å². The molecule has 1 aliphatic rings. The van der Waals surface area contributed by atoms with Crippen LogP contribution < -0.4 is 10.1 Å². The van der Waals surface area contributed by atoms with E-state index in [1.165, 1.54) is 0 Å². The quantitative estimate of drug-likeness (QED) is 0.266. The van der Waals surface area contributed by atoms with Crippen molar-refractivity contribution >= 4 is 22.6 Å². The molecule has 0 bridgehead atoms. The Morgan fingerprint density at radius 2 is 1.87 bits per heavy atom. The molecule has 2 N–H and O–H groups in total. The van der Waals surface area contributed by atoms with E-state index in [0.29, 0.717) is 75.2 Å². The Morgan fingerprint density at radius 1 is 1.15 bits per heavy atom. The van der Waals surface area contributed by atoms with Gasteiger partial charge < -0.3 is 20.1 Å². The summed E-state index contributed by atoms with van der Waals surface area (Å²) < 4.78 is 60.0. The fourth-order valence-electron chi connectivity index (χ4n) is 5.58. The van der Waals surface area contributed by atoms with Gasteiger partial charge >= 0.3 is 5.97 Å². The highest BCUT2D eigenvalue weighted by molar-refractivity contribution is 5.84. The highest BCUT2D eigenvalue weighted by Crippen LogP contribution is 2.40. The lowest BCUT2D eigenvalue weighted by Gasteiger charge is -2.41. The van der Waals surface area contributed by atoms with Gasteiger partial charge in [-0.15, -0.1) is 0 Å². The van der Waals surface area contributed by atoms with Crippen LogP contribution >= 0.6 is 0 Å². The van der Waals surface area contributed by atoms with Crippen molar-refractivity contribution in [3.63, 3.8) is 0 Å². The van der Waals surface area contributed by atoms with Crippen molar-refractivity contribution in [2.45, 2.75) is 45.2 Å². The smallest absolute Gasteiger partial charge is 0.303 e. The first-order chi connectivity index (χ1) is 18.7. The number of carboxylic acid groups (broad SMARTS) is 1. The van der Waals surface area contributed by atoms with E-state index >= 15 is 0 Å².